The van der Waals surface area contributed by atoms with Crippen molar-refractivity contribution in [1.29, 1.82) is 0 Å². The monoisotopic (exact) mass is 514 g/mol. The number of ether oxygens (including phenoxy) is 2. The maximum absolute atomic E-state index is 13.7. The molecule has 0 aliphatic carbocycles. The number of hydrogen-bond donors (Lipinski definition) is 2. The molecule has 0 saturated heterocycles. The van der Waals surface area contributed by atoms with Crippen molar-refractivity contribution in [2.45, 2.75) is 13.3 Å². The van der Waals surface area contributed by atoms with Gasteiger partial charge in [-0.05, 0) is 85.6 Å². The van der Waals surface area contributed by atoms with Gasteiger partial charge < -0.3 is 14.5 Å². The zero-order valence-corrected chi connectivity index (χ0v) is 21.6. The van der Waals surface area contributed by atoms with Gasteiger partial charge in [-0.15, -0.1) is 0 Å². The quantitative estimate of drug-likeness (QED) is 0.248. The summed E-state index contributed by atoms with van der Waals surface area (Å²) >= 11 is 6.20. The smallest absolute Gasteiger partial charge is 0.280 e. The van der Waals surface area contributed by atoms with Crippen LogP contribution in [-0.2, 0) is 6.42 Å². The number of aliphatic imine (C=N–C) groups is 1. The Morgan fingerprint density at radius 3 is 2.32 bits per heavy atom. The SMILES string of the molecule is COc1ccc(-c2[nH]n(-c3ccc(OC)cc3)c(=O)c2C(C)=NCCc2c[nH]c3ccc(Cl)cc23)cc1. The third-order valence-electron chi connectivity index (χ3n) is 6.42. The molecule has 0 amide bonds. The van der Waals surface area contributed by atoms with Gasteiger partial charge in [-0.25, -0.2) is 4.68 Å². The average Bonchev–Trinajstić information content (AvgIpc) is 3.49. The first-order valence-corrected chi connectivity index (χ1v) is 12.3. The van der Waals surface area contributed by atoms with Crippen LogP contribution in [-0.4, -0.2) is 41.2 Å². The molecule has 0 aliphatic rings. The highest BCUT2D eigenvalue weighted by Crippen LogP contribution is 2.26. The fraction of sp³-hybridized carbons (Fsp3) is 0.172. The number of fused-ring (bicyclic) bond motifs is 1. The Labute approximate surface area is 219 Å². The molecule has 3 aromatic carbocycles. The number of H-pyrrole nitrogens is 2. The normalized spacial score (nSPS) is 11.7. The van der Waals surface area contributed by atoms with Gasteiger partial charge in [-0.1, -0.05) is 11.6 Å². The van der Waals surface area contributed by atoms with Crippen LogP contribution in [0, 0.1) is 0 Å². The van der Waals surface area contributed by atoms with Gasteiger partial charge in [-0.3, -0.25) is 14.9 Å². The van der Waals surface area contributed by atoms with E-state index in [0.29, 0.717) is 40.6 Å². The summed E-state index contributed by atoms with van der Waals surface area (Å²) in [5.41, 5.74) is 5.46. The van der Waals surface area contributed by atoms with Crippen LogP contribution in [0.4, 0.5) is 0 Å². The molecule has 0 atom stereocenters. The van der Waals surface area contributed by atoms with Crippen molar-refractivity contribution in [2.24, 2.45) is 4.99 Å². The molecule has 2 heterocycles. The van der Waals surface area contributed by atoms with Crippen molar-refractivity contribution in [1.82, 2.24) is 14.8 Å². The third-order valence-corrected chi connectivity index (χ3v) is 6.66. The first kappa shape index (κ1) is 24.5. The van der Waals surface area contributed by atoms with Crippen molar-refractivity contribution in [2.75, 3.05) is 20.8 Å². The Hall–Kier alpha value is -4.23. The minimum Gasteiger partial charge on any atom is -0.497 e. The lowest BCUT2D eigenvalue weighted by Gasteiger charge is -2.05. The lowest BCUT2D eigenvalue weighted by Crippen LogP contribution is -2.19. The highest BCUT2D eigenvalue weighted by molar-refractivity contribution is 6.31. The maximum atomic E-state index is 13.7. The summed E-state index contributed by atoms with van der Waals surface area (Å²) in [5, 5.41) is 5.08. The summed E-state index contributed by atoms with van der Waals surface area (Å²) in [6.07, 6.45) is 2.70. The number of aromatic amines is 2. The van der Waals surface area contributed by atoms with Crippen LogP contribution in [0.2, 0.25) is 5.02 Å². The number of hydrogen-bond acceptors (Lipinski definition) is 4. The molecular formula is C29H27ClN4O3. The zero-order valence-electron chi connectivity index (χ0n) is 20.8. The van der Waals surface area contributed by atoms with Crippen molar-refractivity contribution in [3.05, 3.63) is 99.4 Å². The molecule has 37 heavy (non-hydrogen) atoms. The predicted molar refractivity (Wildman–Crippen MR) is 149 cm³/mol. The number of nitrogens with one attached hydrogen (secondary N) is 2. The number of aromatic nitrogens is 3. The van der Waals surface area contributed by atoms with Gasteiger partial charge in [0.15, 0.2) is 0 Å². The molecule has 0 radical (unpaired) electrons. The molecule has 0 spiro atoms. The number of rotatable bonds is 8. The minimum atomic E-state index is -0.170. The highest BCUT2D eigenvalue weighted by Gasteiger charge is 2.19. The van der Waals surface area contributed by atoms with Gasteiger partial charge in [0.2, 0.25) is 0 Å². The molecule has 2 N–H and O–H groups in total. The average molecular weight is 515 g/mol. The zero-order chi connectivity index (χ0) is 25.9. The molecule has 0 aliphatic heterocycles. The summed E-state index contributed by atoms with van der Waals surface area (Å²) in [7, 11) is 3.24. The Balaban J connectivity index is 1.51. The Bertz CT molecular complexity index is 1630. The number of halogens is 1. The second kappa shape index (κ2) is 10.4. The summed E-state index contributed by atoms with van der Waals surface area (Å²) in [5.74, 6) is 1.46. The van der Waals surface area contributed by atoms with Crippen molar-refractivity contribution in [3.8, 4) is 28.4 Å². The summed E-state index contributed by atoms with van der Waals surface area (Å²) in [6.45, 7) is 2.41. The van der Waals surface area contributed by atoms with Crippen LogP contribution in [0.1, 0.15) is 18.1 Å². The lowest BCUT2D eigenvalue weighted by atomic mass is 10.0. The number of nitrogens with zero attached hydrogens (tertiary/aromatic N) is 2. The topological polar surface area (TPSA) is 84.4 Å². The molecule has 0 bridgehead atoms. The first-order valence-electron chi connectivity index (χ1n) is 11.9. The fourth-order valence-corrected chi connectivity index (χ4v) is 4.61. The maximum Gasteiger partial charge on any atom is 0.280 e. The summed E-state index contributed by atoms with van der Waals surface area (Å²) in [4.78, 5) is 21.7. The van der Waals surface area contributed by atoms with Crippen LogP contribution in [0.5, 0.6) is 11.5 Å². The molecule has 0 saturated carbocycles. The van der Waals surface area contributed by atoms with E-state index in [1.54, 1.807) is 14.2 Å². The van der Waals surface area contributed by atoms with Crippen LogP contribution < -0.4 is 15.0 Å². The van der Waals surface area contributed by atoms with E-state index < -0.39 is 0 Å². The van der Waals surface area contributed by atoms with Crippen molar-refractivity contribution in [3.63, 3.8) is 0 Å². The van der Waals surface area contributed by atoms with E-state index in [-0.39, 0.29) is 5.56 Å². The van der Waals surface area contributed by atoms with Gasteiger partial charge in [-0.2, -0.15) is 0 Å². The van der Waals surface area contributed by atoms with Crippen molar-refractivity contribution >= 4 is 28.2 Å². The minimum absolute atomic E-state index is 0.170. The van der Waals surface area contributed by atoms with E-state index in [1.165, 1.54) is 4.68 Å². The van der Waals surface area contributed by atoms with E-state index in [9.17, 15) is 4.79 Å². The molecule has 5 rings (SSSR count). The summed E-state index contributed by atoms with van der Waals surface area (Å²) in [6, 6.07) is 20.7. The van der Waals surface area contributed by atoms with E-state index >= 15 is 0 Å². The molecule has 8 heteroatoms. The Kier molecular flexibility index (Phi) is 6.88. The molecule has 5 aromatic rings. The van der Waals surface area contributed by atoms with E-state index in [0.717, 1.165) is 33.5 Å². The van der Waals surface area contributed by atoms with Gasteiger partial charge in [0.1, 0.15) is 11.5 Å². The standard InChI is InChI=1S/C29H27ClN4O3/c1-18(31-15-14-20-17-32-26-13-6-21(30)16-25(20)26)27-28(19-4-9-23(36-2)10-5-19)33-34(29(27)35)22-7-11-24(37-3)12-8-22/h4-13,16-17,32-33H,14-15H2,1-3H3. The van der Waals surface area contributed by atoms with Crippen LogP contribution in [0.3, 0.4) is 0 Å². The highest BCUT2D eigenvalue weighted by atomic mass is 35.5. The Morgan fingerprint density at radius 1 is 0.973 bits per heavy atom. The van der Waals surface area contributed by atoms with E-state index in [2.05, 4.69) is 10.1 Å². The van der Waals surface area contributed by atoms with Crippen LogP contribution in [0.25, 0.3) is 27.8 Å². The van der Waals surface area contributed by atoms with Crippen LogP contribution >= 0.6 is 11.6 Å². The Morgan fingerprint density at radius 2 is 1.65 bits per heavy atom. The molecular weight excluding hydrogens is 488 g/mol. The fourth-order valence-electron chi connectivity index (χ4n) is 4.43. The van der Waals surface area contributed by atoms with Gasteiger partial charge in [0.25, 0.3) is 5.56 Å². The van der Waals surface area contributed by atoms with Crippen LogP contribution in [0.15, 0.2) is 82.7 Å². The van der Waals surface area contributed by atoms with Crippen molar-refractivity contribution < 1.29 is 9.47 Å². The predicted octanol–water partition coefficient (Wildman–Crippen LogP) is 6.04. The summed E-state index contributed by atoms with van der Waals surface area (Å²) < 4.78 is 12.1. The van der Waals surface area contributed by atoms with Gasteiger partial charge in [0.05, 0.1) is 31.2 Å². The third kappa shape index (κ3) is 4.90. The lowest BCUT2D eigenvalue weighted by molar-refractivity contribution is 0.414. The second-order valence-corrected chi connectivity index (χ2v) is 9.09. The molecule has 2 aromatic heterocycles. The number of methoxy groups -OCH3 is 2. The van der Waals surface area contributed by atoms with Gasteiger partial charge >= 0.3 is 0 Å². The van der Waals surface area contributed by atoms with E-state index in [4.69, 9.17) is 26.1 Å². The molecule has 7 nitrogen and oxygen atoms in total. The largest absolute Gasteiger partial charge is 0.497 e. The molecule has 188 valence electrons. The molecule has 0 fully saturated rings. The van der Waals surface area contributed by atoms with E-state index in [1.807, 2.05) is 79.9 Å². The second-order valence-electron chi connectivity index (χ2n) is 8.65. The number of benzene rings is 3. The molecule has 0 unspecified atom stereocenters. The first-order chi connectivity index (χ1) is 18.0. The van der Waals surface area contributed by atoms with Gasteiger partial charge in [0, 0.05) is 39.9 Å².